The maximum absolute atomic E-state index is 3.41. The van der Waals surface area contributed by atoms with Gasteiger partial charge >= 0.3 is 0 Å². The highest BCUT2D eigenvalue weighted by atomic mass is 15.2. The summed E-state index contributed by atoms with van der Waals surface area (Å²) in [6, 6.07) is 1.60. The van der Waals surface area contributed by atoms with E-state index < -0.39 is 0 Å². The van der Waals surface area contributed by atoms with Gasteiger partial charge < -0.3 is 5.32 Å². The Labute approximate surface area is 95.4 Å². The molecule has 0 amide bonds. The zero-order valence-electron chi connectivity index (χ0n) is 10.8. The standard InChI is InChI=1S/C13H28N2/c1-4-6-8-13(7-5-2)15-10-9-12(11-15)14-3/h12-14H,4-11H2,1-3H3. The first kappa shape index (κ1) is 13.0. The summed E-state index contributed by atoms with van der Waals surface area (Å²) >= 11 is 0. The van der Waals surface area contributed by atoms with Crippen LogP contribution in [0.5, 0.6) is 0 Å². The highest BCUT2D eigenvalue weighted by molar-refractivity contribution is 4.84. The molecule has 0 aromatic carbocycles. The van der Waals surface area contributed by atoms with Crippen molar-refractivity contribution >= 4 is 0 Å². The van der Waals surface area contributed by atoms with Crippen LogP contribution in [0, 0.1) is 0 Å². The second-order valence-electron chi connectivity index (χ2n) is 4.85. The van der Waals surface area contributed by atoms with E-state index in [4.69, 9.17) is 0 Å². The van der Waals surface area contributed by atoms with Gasteiger partial charge in [-0.25, -0.2) is 0 Å². The van der Waals surface area contributed by atoms with Crippen LogP contribution >= 0.6 is 0 Å². The minimum atomic E-state index is 0.742. The van der Waals surface area contributed by atoms with E-state index in [-0.39, 0.29) is 0 Å². The van der Waals surface area contributed by atoms with E-state index in [0.717, 1.165) is 12.1 Å². The molecule has 0 bridgehead atoms. The van der Waals surface area contributed by atoms with Gasteiger partial charge in [0, 0.05) is 25.2 Å². The van der Waals surface area contributed by atoms with Crippen molar-refractivity contribution in [1.29, 1.82) is 0 Å². The summed E-state index contributed by atoms with van der Waals surface area (Å²) in [5, 5.41) is 3.41. The normalized spacial score (nSPS) is 24.6. The van der Waals surface area contributed by atoms with Crippen LogP contribution in [0.3, 0.4) is 0 Å². The number of hydrogen-bond donors (Lipinski definition) is 1. The molecule has 2 nitrogen and oxygen atoms in total. The molecule has 1 rings (SSSR count). The number of unbranched alkanes of at least 4 members (excludes halogenated alkanes) is 1. The van der Waals surface area contributed by atoms with E-state index in [2.05, 4.69) is 31.1 Å². The molecule has 1 aliphatic heterocycles. The predicted octanol–water partition coefficient (Wildman–Crippen LogP) is 2.64. The molecule has 2 heteroatoms. The first-order valence-electron chi connectivity index (χ1n) is 6.73. The Morgan fingerprint density at radius 2 is 2.07 bits per heavy atom. The zero-order chi connectivity index (χ0) is 11.1. The second kappa shape index (κ2) is 7.24. The molecule has 2 unspecified atom stereocenters. The largest absolute Gasteiger partial charge is 0.316 e. The molecule has 15 heavy (non-hydrogen) atoms. The van der Waals surface area contributed by atoms with Crippen LogP contribution in [0.2, 0.25) is 0 Å². The summed E-state index contributed by atoms with van der Waals surface area (Å²) in [6.07, 6.45) is 8.18. The minimum absolute atomic E-state index is 0.742. The zero-order valence-corrected chi connectivity index (χ0v) is 10.8. The van der Waals surface area contributed by atoms with Gasteiger partial charge in [0.2, 0.25) is 0 Å². The molecular formula is C13H28N2. The predicted molar refractivity (Wildman–Crippen MR) is 67.3 cm³/mol. The first-order chi connectivity index (χ1) is 7.31. The number of nitrogens with one attached hydrogen (secondary N) is 1. The van der Waals surface area contributed by atoms with Gasteiger partial charge in [-0.05, 0) is 26.3 Å². The van der Waals surface area contributed by atoms with Crippen molar-refractivity contribution in [2.75, 3.05) is 20.1 Å². The smallest absolute Gasteiger partial charge is 0.0204 e. The molecule has 1 fully saturated rings. The molecule has 1 N–H and O–H groups in total. The third-order valence-electron chi connectivity index (χ3n) is 3.66. The van der Waals surface area contributed by atoms with Gasteiger partial charge in [-0.2, -0.15) is 0 Å². The minimum Gasteiger partial charge on any atom is -0.316 e. The number of rotatable bonds is 7. The summed E-state index contributed by atoms with van der Waals surface area (Å²) in [6.45, 7) is 7.18. The molecule has 0 aliphatic carbocycles. The van der Waals surface area contributed by atoms with E-state index in [1.54, 1.807) is 0 Å². The Morgan fingerprint density at radius 1 is 1.27 bits per heavy atom. The SMILES string of the molecule is CCCCC(CCC)N1CCC(NC)C1. The van der Waals surface area contributed by atoms with Gasteiger partial charge in [-0.1, -0.05) is 33.1 Å². The van der Waals surface area contributed by atoms with Crippen LogP contribution in [-0.2, 0) is 0 Å². The maximum Gasteiger partial charge on any atom is 0.0204 e. The van der Waals surface area contributed by atoms with E-state index in [0.29, 0.717) is 0 Å². The van der Waals surface area contributed by atoms with Gasteiger partial charge in [0.15, 0.2) is 0 Å². The highest BCUT2D eigenvalue weighted by Crippen LogP contribution is 2.20. The Kier molecular flexibility index (Phi) is 6.26. The Morgan fingerprint density at radius 3 is 2.60 bits per heavy atom. The van der Waals surface area contributed by atoms with Crippen LogP contribution in [-0.4, -0.2) is 37.1 Å². The van der Waals surface area contributed by atoms with Gasteiger partial charge in [0.25, 0.3) is 0 Å². The molecule has 0 radical (unpaired) electrons. The molecule has 1 heterocycles. The van der Waals surface area contributed by atoms with Crippen LogP contribution in [0.15, 0.2) is 0 Å². The summed E-state index contributed by atoms with van der Waals surface area (Å²) in [5.41, 5.74) is 0. The molecule has 0 aromatic rings. The lowest BCUT2D eigenvalue weighted by Crippen LogP contribution is -2.36. The highest BCUT2D eigenvalue weighted by Gasteiger charge is 2.26. The van der Waals surface area contributed by atoms with Crippen molar-refractivity contribution in [3.05, 3.63) is 0 Å². The van der Waals surface area contributed by atoms with Gasteiger partial charge in [0.1, 0.15) is 0 Å². The number of likely N-dealkylation sites (N-methyl/N-ethyl adjacent to an activating group) is 1. The number of nitrogens with zero attached hydrogens (tertiary/aromatic N) is 1. The van der Waals surface area contributed by atoms with Gasteiger partial charge in [-0.15, -0.1) is 0 Å². The lowest BCUT2D eigenvalue weighted by molar-refractivity contribution is 0.209. The fourth-order valence-corrected chi connectivity index (χ4v) is 2.64. The van der Waals surface area contributed by atoms with Crippen molar-refractivity contribution < 1.29 is 0 Å². The lowest BCUT2D eigenvalue weighted by atomic mass is 10.0. The third-order valence-corrected chi connectivity index (χ3v) is 3.66. The number of hydrogen-bond acceptors (Lipinski definition) is 2. The monoisotopic (exact) mass is 212 g/mol. The Hall–Kier alpha value is -0.0800. The topological polar surface area (TPSA) is 15.3 Å². The van der Waals surface area contributed by atoms with E-state index in [1.807, 2.05) is 0 Å². The van der Waals surface area contributed by atoms with Crippen LogP contribution in [0.25, 0.3) is 0 Å². The molecule has 0 spiro atoms. The van der Waals surface area contributed by atoms with E-state index in [1.165, 1.54) is 51.6 Å². The van der Waals surface area contributed by atoms with Crippen molar-refractivity contribution in [3.63, 3.8) is 0 Å². The van der Waals surface area contributed by atoms with Gasteiger partial charge in [-0.3, -0.25) is 4.90 Å². The van der Waals surface area contributed by atoms with Crippen molar-refractivity contribution in [2.45, 2.75) is 64.5 Å². The van der Waals surface area contributed by atoms with Gasteiger partial charge in [0.05, 0.1) is 0 Å². The molecule has 0 aromatic heterocycles. The average molecular weight is 212 g/mol. The molecule has 90 valence electrons. The van der Waals surface area contributed by atoms with E-state index in [9.17, 15) is 0 Å². The fourth-order valence-electron chi connectivity index (χ4n) is 2.64. The quantitative estimate of drug-likeness (QED) is 0.698. The number of likely N-dealkylation sites (tertiary alicyclic amines) is 1. The molecular weight excluding hydrogens is 184 g/mol. The van der Waals surface area contributed by atoms with Crippen molar-refractivity contribution in [3.8, 4) is 0 Å². The van der Waals surface area contributed by atoms with E-state index >= 15 is 0 Å². The fraction of sp³-hybridized carbons (Fsp3) is 1.00. The first-order valence-corrected chi connectivity index (χ1v) is 6.73. The molecule has 1 aliphatic rings. The molecule has 1 saturated heterocycles. The molecule has 2 atom stereocenters. The Balaban J connectivity index is 2.34. The van der Waals surface area contributed by atoms with Crippen molar-refractivity contribution in [1.82, 2.24) is 10.2 Å². The van der Waals surface area contributed by atoms with Crippen LogP contribution in [0.1, 0.15) is 52.4 Å². The summed E-state index contributed by atoms with van der Waals surface area (Å²) in [5.74, 6) is 0. The summed E-state index contributed by atoms with van der Waals surface area (Å²) in [7, 11) is 2.09. The average Bonchev–Trinajstić information content (AvgIpc) is 2.72. The lowest BCUT2D eigenvalue weighted by Gasteiger charge is -2.27. The van der Waals surface area contributed by atoms with Crippen LogP contribution < -0.4 is 5.32 Å². The summed E-state index contributed by atoms with van der Waals surface area (Å²) < 4.78 is 0. The Bertz CT molecular complexity index is 159. The second-order valence-corrected chi connectivity index (χ2v) is 4.85. The molecule has 0 saturated carbocycles. The van der Waals surface area contributed by atoms with Crippen LogP contribution in [0.4, 0.5) is 0 Å². The third kappa shape index (κ3) is 4.12. The maximum atomic E-state index is 3.41. The summed E-state index contributed by atoms with van der Waals surface area (Å²) in [4.78, 5) is 2.71. The van der Waals surface area contributed by atoms with Crippen molar-refractivity contribution in [2.24, 2.45) is 0 Å².